The van der Waals surface area contributed by atoms with E-state index in [2.05, 4.69) is 33.6 Å². The lowest BCUT2D eigenvalue weighted by Crippen LogP contribution is -2.29. The minimum atomic E-state index is -0.273. The van der Waals surface area contributed by atoms with Gasteiger partial charge >= 0.3 is 0 Å². The van der Waals surface area contributed by atoms with Crippen molar-refractivity contribution in [1.29, 1.82) is 0 Å². The largest absolute Gasteiger partial charge is 0.497 e. The zero-order chi connectivity index (χ0) is 20.5. The van der Waals surface area contributed by atoms with Gasteiger partial charge in [0, 0.05) is 12.7 Å². The molecule has 2 N–H and O–H groups in total. The number of nitrogens with zero attached hydrogens (tertiary/aromatic N) is 2. The number of methoxy groups -OCH3 is 1. The summed E-state index contributed by atoms with van der Waals surface area (Å²) in [6, 6.07) is 16.9. The van der Waals surface area contributed by atoms with E-state index in [-0.39, 0.29) is 5.91 Å². The maximum absolute atomic E-state index is 12.3. The minimum absolute atomic E-state index is 0.273. The molecule has 7 nitrogen and oxygen atoms in total. The molecule has 1 heterocycles. The SMILES string of the molecule is COc1ccc(OCCNC(=O)c2ccnc(NCc3ccccc3C)n2)cc1. The number of ether oxygens (including phenoxy) is 2. The van der Waals surface area contributed by atoms with Crippen LogP contribution in [0.5, 0.6) is 11.5 Å². The van der Waals surface area contributed by atoms with Crippen molar-refractivity contribution in [3.05, 3.63) is 77.6 Å². The van der Waals surface area contributed by atoms with Gasteiger partial charge in [-0.05, 0) is 48.4 Å². The Hall–Kier alpha value is -3.61. The second-order valence-electron chi connectivity index (χ2n) is 6.33. The van der Waals surface area contributed by atoms with E-state index in [9.17, 15) is 4.79 Å². The quantitative estimate of drug-likeness (QED) is 0.544. The number of nitrogens with one attached hydrogen (secondary N) is 2. The summed E-state index contributed by atoms with van der Waals surface area (Å²) < 4.78 is 10.7. The van der Waals surface area contributed by atoms with Gasteiger partial charge in [-0.3, -0.25) is 4.79 Å². The van der Waals surface area contributed by atoms with E-state index >= 15 is 0 Å². The molecule has 0 atom stereocenters. The molecule has 0 aliphatic rings. The first-order valence-electron chi connectivity index (χ1n) is 9.32. The first-order chi connectivity index (χ1) is 14.2. The highest BCUT2D eigenvalue weighted by Gasteiger charge is 2.09. The third-order valence-corrected chi connectivity index (χ3v) is 4.30. The van der Waals surface area contributed by atoms with Crippen LogP contribution in [0.2, 0.25) is 0 Å². The first kappa shape index (κ1) is 20.1. The molecule has 0 saturated carbocycles. The van der Waals surface area contributed by atoms with Crippen molar-refractivity contribution in [3.8, 4) is 11.5 Å². The summed E-state index contributed by atoms with van der Waals surface area (Å²) in [6.07, 6.45) is 1.57. The summed E-state index contributed by atoms with van der Waals surface area (Å²) >= 11 is 0. The third kappa shape index (κ3) is 5.93. The molecule has 150 valence electrons. The van der Waals surface area contributed by atoms with Crippen LogP contribution in [0.1, 0.15) is 21.6 Å². The van der Waals surface area contributed by atoms with E-state index < -0.39 is 0 Å². The van der Waals surface area contributed by atoms with Crippen molar-refractivity contribution in [3.63, 3.8) is 0 Å². The maximum Gasteiger partial charge on any atom is 0.270 e. The van der Waals surface area contributed by atoms with Crippen LogP contribution in [0.3, 0.4) is 0 Å². The van der Waals surface area contributed by atoms with Crippen molar-refractivity contribution in [1.82, 2.24) is 15.3 Å². The number of hydrogen-bond donors (Lipinski definition) is 2. The summed E-state index contributed by atoms with van der Waals surface area (Å²) in [5.74, 6) is 1.62. The number of aryl methyl sites for hydroxylation is 1. The van der Waals surface area contributed by atoms with E-state index in [1.807, 2.05) is 42.5 Å². The predicted octanol–water partition coefficient (Wildman–Crippen LogP) is 3.21. The number of rotatable bonds is 9. The van der Waals surface area contributed by atoms with Crippen LogP contribution in [-0.4, -0.2) is 36.1 Å². The Bertz CT molecular complexity index is 945. The molecule has 3 rings (SSSR count). The number of aromatic nitrogens is 2. The lowest BCUT2D eigenvalue weighted by molar-refractivity contribution is 0.0942. The van der Waals surface area contributed by atoms with E-state index in [1.165, 1.54) is 5.56 Å². The molecule has 0 aliphatic heterocycles. The number of amides is 1. The lowest BCUT2D eigenvalue weighted by atomic mass is 10.1. The number of anilines is 1. The molecule has 1 aromatic heterocycles. The first-order valence-corrected chi connectivity index (χ1v) is 9.32. The maximum atomic E-state index is 12.3. The molecule has 0 saturated heterocycles. The van der Waals surface area contributed by atoms with Crippen LogP contribution in [0.25, 0.3) is 0 Å². The lowest BCUT2D eigenvalue weighted by Gasteiger charge is -2.10. The Labute approximate surface area is 170 Å². The van der Waals surface area contributed by atoms with Gasteiger partial charge in [-0.2, -0.15) is 0 Å². The van der Waals surface area contributed by atoms with Crippen LogP contribution in [0, 0.1) is 6.92 Å². The second-order valence-corrected chi connectivity index (χ2v) is 6.33. The minimum Gasteiger partial charge on any atom is -0.497 e. The Morgan fingerprint density at radius 1 is 1.03 bits per heavy atom. The molecule has 0 radical (unpaired) electrons. The normalized spacial score (nSPS) is 10.3. The zero-order valence-corrected chi connectivity index (χ0v) is 16.5. The topological polar surface area (TPSA) is 85.4 Å². The van der Waals surface area contributed by atoms with E-state index in [1.54, 1.807) is 19.4 Å². The van der Waals surface area contributed by atoms with Gasteiger partial charge in [0.25, 0.3) is 5.91 Å². The molecular weight excluding hydrogens is 368 g/mol. The summed E-state index contributed by atoms with van der Waals surface area (Å²) in [7, 11) is 1.61. The fourth-order valence-electron chi connectivity index (χ4n) is 2.65. The van der Waals surface area contributed by atoms with Gasteiger partial charge in [-0.25, -0.2) is 9.97 Å². The van der Waals surface area contributed by atoms with Crippen molar-refractivity contribution < 1.29 is 14.3 Å². The average Bonchev–Trinajstić information content (AvgIpc) is 2.76. The summed E-state index contributed by atoms with van der Waals surface area (Å²) in [4.78, 5) is 20.8. The van der Waals surface area contributed by atoms with Gasteiger partial charge in [0.15, 0.2) is 0 Å². The summed E-state index contributed by atoms with van der Waals surface area (Å²) in [5, 5.41) is 5.95. The number of carbonyl (C=O) groups is 1. The Morgan fingerprint density at radius 3 is 2.55 bits per heavy atom. The van der Waals surface area contributed by atoms with Crippen LogP contribution in [0.4, 0.5) is 5.95 Å². The van der Waals surface area contributed by atoms with Crippen LogP contribution in [0.15, 0.2) is 60.8 Å². The van der Waals surface area contributed by atoms with Crippen LogP contribution < -0.4 is 20.1 Å². The van der Waals surface area contributed by atoms with Crippen molar-refractivity contribution in [2.24, 2.45) is 0 Å². The van der Waals surface area contributed by atoms with E-state index in [0.29, 0.717) is 37.1 Å². The van der Waals surface area contributed by atoms with Gasteiger partial charge in [-0.15, -0.1) is 0 Å². The number of carbonyl (C=O) groups excluding carboxylic acids is 1. The van der Waals surface area contributed by atoms with E-state index in [0.717, 1.165) is 11.3 Å². The molecule has 0 unspecified atom stereocenters. The summed E-state index contributed by atoms with van der Waals surface area (Å²) in [5.41, 5.74) is 2.64. The second kappa shape index (κ2) is 10.1. The monoisotopic (exact) mass is 392 g/mol. The number of benzene rings is 2. The molecule has 0 fully saturated rings. The molecule has 3 aromatic rings. The van der Waals surface area contributed by atoms with Gasteiger partial charge in [0.2, 0.25) is 5.95 Å². The molecule has 0 spiro atoms. The fourth-order valence-corrected chi connectivity index (χ4v) is 2.65. The standard InChI is InChI=1S/C22H24N4O3/c1-16-5-3-4-6-17(16)15-25-22-24-12-11-20(26-22)21(27)23-13-14-29-19-9-7-18(28-2)8-10-19/h3-12H,13-15H2,1-2H3,(H,23,27)(H,24,25,26). The predicted molar refractivity (Wildman–Crippen MR) is 111 cm³/mol. The highest BCUT2D eigenvalue weighted by Crippen LogP contribution is 2.16. The van der Waals surface area contributed by atoms with Gasteiger partial charge in [0.05, 0.1) is 13.7 Å². The van der Waals surface area contributed by atoms with Crippen molar-refractivity contribution >= 4 is 11.9 Å². The van der Waals surface area contributed by atoms with Crippen molar-refractivity contribution in [2.45, 2.75) is 13.5 Å². The Kier molecular flexibility index (Phi) is 7.00. The molecule has 0 aliphatic carbocycles. The third-order valence-electron chi connectivity index (χ3n) is 4.30. The molecule has 7 heteroatoms. The average molecular weight is 392 g/mol. The molecule has 0 bridgehead atoms. The highest BCUT2D eigenvalue weighted by atomic mass is 16.5. The molecule has 1 amide bonds. The van der Waals surface area contributed by atoms with Crippen LogP contribution >= 0.6 is 0 Å². The van der Waals surface area contributed by atoms with Crippen molar-refractivity contribution in [2.75, 3.05) is 25.6 Å². The zero-order valence-electron chi connectivity index (χ0n) is 16.5. The smallest absolute Gasteiger partial charge is 0.270 e. The van der Waals surface area contributed by atoms with Gasteiger partial charge in [-0.1, -0.05) is 24.3 Å². The molecule has 29 heavy (non-hydrogen) atoms. The Balaban J connectivity index is 1.46. The van der Waals surface area contributed by atoms with Crippen LogP contribution in [-0.2, 0) is 6.54 Å². The van der Waals surface area contributed by atoms with Gasteiger partial charge in [0.1, 0.15) is 23.8 Å². The Morgan fingerprint density at radius 2 is 1.79 bits per heavy atom. The van der Waals surface area contributed by atoms with E-state index in [4.69, 9.17) is 9.47 Å². The highest BCUT2D eigenvalue weighted by molar-refractivity contribution is 5.92. The summed E-state index contributed by atoms with van der Waals surface area (Å²) in [6.45, 7) is 3.35. The fraction of sp³-hybridized carbons (Fsp3) is 0.227. The van der Waals surface area contributed by atoms with Gasteiger partial charge < -0.3 is 20.1 Å². The molecular formula is C22H24N4O3. The number of hydrogen-bond acceptors (Lipinski definition) is 6. The molecule has 2 aromatic carbocycles.